The van der Waals surface area contributed by atoms with E-state index in [-0.39, 0.29) is 25.7 Å². The molecule has 0 spiro atoms. The Morgan fingerprint density at radius 2 is 0.500 bits per heavy atom. The van der Waals surface area contributed by atoms with Gasteiger partial charge in [0.15, 0.2) is 12.2 Å². The van der Waals surface area contributed by atoms with Gasteiger partial charge in [-0.2, -0.15) is 0 Å². The van der Waals surface area contributed by atoms with Crippen molar-refractivity contribution in [3.8, 4) is 0 Å². The molecule has 0 aromatic heterocycles. The SMILES string of the molecule is CCCCCCCCCCCC(=O)OC[C@H](COP(=O)(O)OC[C@H](O)COP(=O)(O)OC[C@@H](COC(=O)CCCCCCCCCCCCCCCCC(C)CC)OC(=O)CCCCCCCCCCCCCCCCCC(C)C)OC(=O)CCCCCCCCCCCCCCCCC(C)C. The minimum absolute atomic E-state index is 0.107. The summed E-state index contributed by atoms with van der Waals surface area (Å²) in [6.07, 6.45) is 62.3. The molecule has 0 fully saturated rings. The summed E-state index contributed by atoms with van der Waals surface area (Å²) >= 11 is 0. The average molecular weight is 1490 g/mol. The van der Waals surface area contributed by atoms with Crippen LogP contribution in [0.5, 0.6) is 0 Å². The lowest BCUT2D eigenvalue weighted by molar-refractivity contribution is -0.161. The molecule has 17 nitrogen and oxygen atoms in total. The maximum absolute atomic E-state index is 13.1. The molecule has 0 heterocycles. The Morgan fingerprint density at radius 3 is 0.745 bits per heavy atom. The highest BCUT2D eigenvalue weighted by Gasteiger charge is 2.30. The van der Waals surface area contributed by atoms with Gasteiger partial charge >= 0.3 is 39.5 Å². The van der Waals surface area contributed by atoms with Crippen LogP contribution in [0.1, 0.15) is 434 Å². The van der Waals surface area contributed by atoms with Gasteiger partial charge in [0, 0.05) is 25.7 Å². The molecule has 0 aliphatic carbocycles. The van der Waals surface area contributed by atoms with Crippen LogP contribution < -0.4 is 0 Å². The van der Waals surface area contributed by atoms with E-state index in [0.717, 1.165) is 108 Å². The summed E-state index contributed by atoms with van der Waals surface area (Å²) < 4.78 is 68.8. The summed E-state index contributed by atoms with van der Waals surface area (Å²) in [7, 11) is -9.92. The van der Waals surface area contributed by atoms with Crippen LogP contribution in [0.4, 0.5) is 0 Å². The Balaban J connectivity index is 5.23. The smallest absolute Gasteiger partial charge is 0.462 e. The van der Waals surface area contributed by atoms with Crippen molar-refractivity contribution in [2.24, 2.45) is 17.8 Å². The average Bonchev–Trinajstić information content (AvgIpc) is 1.08. The highest BCUT2D eigenvalue weighted by molar-refractivity contribution is 7.47. The standard InChI is InChI=1S/C83H162O17P2/c1-8-10-11-12-13-33-43-50-57-64-80(85)93-70-78(99-82(87)67-60-53-46-39-32-26-19-17-22-28-35-41-48-55-62-75(5)6)72-97-101(89,90)95-68-77(84)69-96-102(91,92)98-73-79(100-83(88)66-59-52-45-38-31-25-16-14-15-21-27-34-40-47-54-61-74(3)4)71-94-81(86)65-58-51-44-37-30-24-20-18-23-29-36-42-49-56-63-76(7)9-2/h74-79,84H,8-73H2,1-7H3,(H,89,90)(H,91,92)/t76?,77-,78+,79+/m0/s1. The van der Waals surface area contributed by atoms with E-state index in [9.17, 15) is 43.2 Å². The van der Waals surface area contributed by atoms with Crippen LogP contribution in [0.15, 0.2) is 0 Å². The van der Waals surface area contributed by atoms with Crippen molar-refractivity contribution in [3.05, 3.63) is 0 Å². The number of phosphoric acid groups is 2. The molecule has 0 saturated carbocycles. The zero-order chi connectivity index (χ0) is 75.1. The number of unbranched alkanes of at least 4 members (excludes halogenated alkanes) is 48. The van der Waals surface area contributed by atoms with Crippen LogP contribution in [0, 0.1) is 17.8 Å². The number of hydrogen-bond acceptors (Lipinski definition) is 15. The number of rotatable bonds is 81. The molecule has 19 heteroatoms. The van der Waals surface area contributed by atoms with Crippen LogP contribution in [0.3, 0.4) is 0 Å². The minimum atomic E-state index is -4.96. The second-order valence-corrected chi connectivity index (χ2v) is 34.0. The monoisotopic (exact) mass is 1490 g/mol. The molecule has 3 N–H and O–H groups in total. The number of aliphatic hydroxyl groups is 1. The van der Waals surface area contributed by atoms with Gasteiger partial charge < -0.3 is 33.8 Å². The van der Waals surface area contributed by atoms with Gasteiger partial charge in [-0.25, -0.2) is 9.13 Å². The highest BCUT2D eigenvalue weighted by Crippen LogP contribution is 2.45. The fourth-order valence-electron chi connectivity index (χ4n) is 12.8. The van der Waals surface area contributed by atoms with Gasteiger partial charge in [-0.1, -0.05) is 382 Å². The van der Waals surface area contributed by atoms with E-state index in [1.54, 1.807) is 0 Å². The molecular formula is C83H162O17P2. The topological polar surface area (TPSA) is 237 Å². The lowest BCUT2D eigenvalue weighted by atomic mass is 9.99. The number of hydrogen-bond donors (Lipinski definition) is 3. The lowest BCUT2D eigenvalue weighted by Crippen LogP contribution is -2.30. The van der Waals surface area contributed by atoms with E-state index in [0.29, 0.717) is 25.7 Å². The molecular weight excluding hydrogens is 1330 g/mol. The first-order valence-corrected chi connectivity index (χ1v) is 45.9. The van der Waals surface area contributed by atoms with Crippen molar-refractivity contribution in [1.29, 1.82) is 0 Å². The summed E-state index contributed by atoms with van der Waals surface area (Å²) in [5.41, 5.74) is 0. The normalized spacial score (nSPS) is 14.2. The fourth-order valence-corrected chi connectivity index (χ4v) is 14.4. The van der Waals surface area contributed by atoms with Crippen LogP contribution in [-0.2, 0) is 65.4 Å². The van der Waals surface area contributed by atoms with E-state index in [1.165, 1.54) is 244 Å². The summed E-state index contributed by atoms with van der Waals surface area (Å²) in [6, 6.07) is 0. The van der Waals surface area contributed by atoms with E-state index >= 15 is 0 Å². The van der Waals surface area contributed by atoms with Gasteiger partial charge in [0.2, 0.25) is 0 Å². The summed E-state index contributed by atoms with van der Waals surface area (Å²) in [5, 5.41) is 10.7. The number of carbonyl (C=O) groups excluding carboxylic acids is 4. The largest absolute Gasteiger partial charge is 0.472 e. The van der Waals surface area contributed by atoms with Gasteiger partial charge in [0.25, 0.3) is 0 Å². The zero-order valence-electron chi connectivity index (χ0n) is 67.1. The molecule has 0 aromatic carbocycles. The van der Waals surface area contributed by atoms with E-state index in [4.69, 9.17) is 37.0 Å². The predicted molar refractivity (Wildman–Crippen MR) is 418 cm³/mol. The molecule has 6 atom stereocenters. The third kappa shape index (κ3) is 74.9. The first-order valence-electron chi connectivity index (χ1n) is 42.9. The summed E-state index contributed by atoms with van der Waals surface area (Å²) in [4.78, 5) is 73.1. The van der Waals surface area contributed by atoms with E-state index in [2.05, 4.69) is 48.5 Å². The molecule has 0 rings (SSSR count). The van der Waals surface area contributed by atoms with Gasteiger partial charge in [-0.15, -0.1) is 0 Å². The Labute approximate surface area is 626 Å². The Bertz CT molecular complexity index is 1980. The molecule has 102 heavy (non-hydrogen) atoms. The van der Waals surface area contributed by atoms with Gasteiger partial charge in [-0.3, -0.25) is 37.3 Å². The van der Waals surface area contributed by atoms with Gasteiger partial charge in [0.05, 0.1) is 26.4 Å². The van der Waals surface area contributed by atoms with Crippen molar-refractivity contribution < 1.29 is 80.2 Å². The van der Waals surface area contributed by atoms with Crippen LogP contribution in [0.25, 0.3) is 0 Å². The molecule has 3 unspecified atom stereocenters. The van der Waals surface area contributed by atoms with E-state index < -0.39 is 97.5 Å². The third-order valence-corrected chi connectivity index (χ3v) is 21.6. The van der Waals surface area contributed by atoms with Crippen LogP contribution >= 0.6 is 15.6 Å². The molecule has 0 radical (unpaired) electrons. The molecule has 0 aromatic rings. The second-order valence-electron chi connectivity index (χ2n) is 31.1. The molecule has 0 aliphatic heterocycles. The quantitative estimate of drug-likeness (QED) is 0.0222. The second kappa shape index (κ2) is 73.2. The first kappa shape index (κ1) is 100. The van der Waals surface area contributed by atoms with E-state index in [1.807, 2.05) is 0 Å². The number of esters is 4. The fraction of sp³-hybridized carbons (Fsp3) is 0.952. The number of phosphoric ester groups is 2. The maximum atomic E-state index is 13.1. The Morgan fingerprint density at radius 1 is 0.284 bits per heavy atom. The van der Waals surface area contributed by atoms with Crippen molar-refractivity contribution >= 4 is 39.5 Å². The first-order chi connectivity index (χ1) is 49.3. The predicted octanol–water partition coefficient (Wildman–Crippen LogP) is 24.9. The van der Waals surface area contributed by atoms with Crippen molar-refractivity contribution in [3.63, 3.8) is 0 Å². The molecule has 0 aliphatic rings. The molecule has 606 valence electrons. The molecule has 0 amide bonds. The summed E-state index contributed by atoms with van der Waals surface area (Å²) in [6.45, 7) is 12.0. The third-order valence-electron chi connectivity index (χ3n) is 19.7. The van der Waals surface area contributed by atoms with Crippen molar-refractivity contribution in [2.45, 2.75) is 452 Å². The number of carbonyl (C=O) groups is 4. The molecule has 0 bridgehead atoms. The van der Waals surface area contributed by atoms with Gasteiger partial charge in [0.1, 0.15) is 19.3 Å². The number of aliphatic hydroxyl groups excluding tert-OH is 1. The van der Waals surface area contributed by atoms with Gasteiger partial charge in [-0.05, 0) is 43.4 Å². The Kier molecular flexibility index (Phi) is 71.8. The summed E-state index contributed by atoms with van der Waals surface area (Å²) in [5.74, 6) is 0.340. The van der Waals surface area contributed by atoms with Crippen molar-refractivity contribution in [1.82, 2.24) is 0 Å². The van der Waals surface area contributed by atoms with Crippen LogP contribution in [-0.4, -0.2) is 96.7 Å². The Hall–Kier alpha value is -1.94. The number of ether oxygens (including phenoxy) is 4. The highest BCUT2D eigenvalue weighted by atomic mass is 31.2. The zero-order valence-corrected chi connectivity index (χ0v) is 68.9. The van der Waals surface area contributed by atoms with Crippen molar-refractivity contribution in [2.75, 3.05) is 39.6 Å². The maximum Gasteiger partial charge on any atom is 0.472 e. The van der Waals surface area contributed by atoms with Crippen LogP contribution in [0.2, 0.25) is 0 Å². The molecule has 0 saturated heterocycles. The minimum Gasteiger partial charge on any atom is -0.462 e. The lowest BCUT2D eigenvalue weighted by Gasteiger charge is -2.21.